The molecule has 1 saturated heterocycles. The van der Waals surface area contributed by atoms with E-state index in [9.17, 15) is 4.79 Å². The minimum atomic E-state index is 0.377. The van der Waals surface area contributed by atoms with Crippen molar-refractivity contribution in [2.24, 2.45) is 23.7 Å². The molecule has 1 N–H and O–H groups in total. The van der Waals surface area contributed by atoms with Gasteiger partial charge in [0, 0.05) is 19.0 Å². The molecule has 2 saturated carbocycles. The standard InChI is InChI=1S/C17H30N2O/c1-2-9-19(12-13-5-7-18-8-6-13)17(20)16-11-14-3-4-15(16)10-14/h13-16,18H,2-12H2,1H3. The molecule has 2 aliphatic carbocycles. The first kappa shape index (κ1) is 14.4. The maximum Gasteiger partial charge on any atom is 0.225 e. The lowest BCUT2D eigenvalue weighted by atomic mass is 9.87. The maximum atomic E-state index is 12.9. The van der Waals surface area contributed by atoms with Crippen molar-refractivity contribution in [2.45, 2.75) is 51.9 Å². The molecule has 20 heavy (non-hydrogen) atoms. The highest BCUT2D eigenvalue weighted by Gasteiger charge is 2.44. The van der Waals surface area contributed by atoms with E-state index in [-0.39, 0.29) is 0 Å². The zero-order valence-corrected chi connectivity index (χ0v) is 12.9. The minimum absolute atomic E-state index is 0.377. The molecule has 0 aromatic carbocycles. The molecule has 0 radical (unpaired) electrons. The van der Waals surface area contributed by atoms with E-state index in [4.69, 9.17) is 0 Å². The predicted molar refractivity (Wildman–Crippen MR) is 81.4 cm³/mol. The minimum Gasteiger partial charge on any atom is -0.342 e. The van der Waals surface area contributed by atoms with Gasteiger partial charge in [-0.2, -0.15) is 0 Å². The molecule has 0 aromatic rings. The van der Waals surface area contributed by atoms with Crippen LogP contribution in [-0.2, 0) is 4.79 Å². The van der Waals surface area contributed by atoms with Crippen LogP contribution >= 0.6 is 0 Å². The van der Waals surface area contributed by atoms with Crippen LogP contribution in [0.3, 0.4) is 0 Å². The molecule has 3 aliphatic rings. The Labute approximate surface area is 123 Å². The molecule has 1 aliphatic heterocycles. The molecule has 2 bridgehead atoms. The van der Waals surface area contributed by atoms with E-state index in [1.54, 1.807) is 0 Å². The third kappa shape index (κ3) is 3.03. The Kier molecular flexibility index (Phi) is 4.65. The zero-order chi connectivity index (χ0) is 13.9. The number of hydrogen-bond donors (Lipinski definition) is 1. The topological polar surface area (TPSA) is 32.3 Å². The summed E-state index contributed by atoms with van der Waals surface area (Å²) in [6, 6.07) is 0. The van der Waals surface area contributed by atoms with Crippen molar-refractivity contribution in [2.75, 3.05) is 26.2 Å². The maximum absolute atomic E-state index is 12.9. The first-order valence-corrected chi connectivity index (χ1v) is 8.77. The summed E-state index contributed by atoms with van der Waals surface area (Å²) in [6.07, 6.45) is 8.80. The van der Waals surface area contributed by atoms with E-state index in [2.05, 4.69) is 17.1 Å². The molecule has 3 heteroatoms. The lowest BCUT2D eigenvalue weighted by molar-refractivity contribution is -0.138. The Morgan fingerprint density at radius 3 is 2.55 bits per heavy atom. The number of hydrogen-bond acceptors (Lipinski definition) is 2. The summed E-state index contributed by atoms with van der Waals surface area (Å²) >= 11 is 0. The number of piperidine rings is 1. The van der Waals surface area contributed by atoms with Gasteiger partial charge in [-0.3, -0.25) is 4.79 Å². The Morgan fingerprint density at radius 1 is 1.15 bits per heavy atom. The lowest BCUT2D eigenvalue weighted by Crippen LogP contribution is -2.43. The van der Waals surface area contributed by atoms with E-state index in [1.807, 2.05) is 0 Å². The molecule has 114 valence electrons. The first-order valence-electron chi connectivity index (χ1n) is 8.77. The highest BCUT2D eigenvalue weighted by molar-refractivity contribution is 5.79. The third-order valence-electron chi connectivity index (χ3n) is 5.80. The van der Waals surface area contributed by atoms with Gasteiger partial charge < -0.3 is 10.2 Å². The lowest BCUT2D eigenvalue weighted by Gasteiger charge is -2.33. The highest BCUT2D eigenvalue weighted by atomic mass is 16.2. The average Bonchev–Trinajstić information content (AvgIpc) is 3.10. The van der Waals surface area contributed by atoms with Gasteiger partial charge in [0.25, 0.3) is 0 Å². The third-order valence-corrected chi connectivity index (χ3v) is 5.80. The summed E-state index contributed by atoms with van der Waals surface area (Å²) in [5.41, 5.74) is 0. The molecule has 0 aromatic heterocycles. The van der Waals surface area contributed by atoms with Crippen molar-refractivity contribution >= 4 is 5.91 Å². The van der Waals surface area contributed by atoms with Gasteiger partial charge in [-0.05, 0) is 69.4 Å². The molecule has 3 atom stereocenters. The molecule has 1 heterocycles. The fourth-order valence-electron chi connectivity index (χ4n) is 4.72. The highest BCUT2D eigenvalue weighted by Crippen LogP contribution is 2.48. The van der Waals surface area contributed by atoms with E-state index in [0.717, 1.165) is 50.4 Å². The Balaban J connectivity index is 1.58. The van der Waals surface area contributed by atoms with Crippen molar-refractivity contribution in [1.29, 1.82) is 0 Å². The van der Waals surface area contributed by atoms with Gasteiger partial charge in [0.15, 0.2) is 0 Å². The molecule has 3 fully saturated rings. The van der Waals surface area contributed by atoms with Crippen LogP contribution < -0.4 is 5.32 Å². The van der Waals surface area contributed by atoms with Gasteiger partial charge in [-0.1, -0.05) is 13.3 Å². The Morgan fingerprint density at radius 2 is 1.95 bits per heavy atom. The van der Waals surface area contributed by atoms with Gasteiger partial charge in [-0.25, -0.2) is 0 Å². The van der Waals surface area contributed by atoms with Crippen LogP contribution in [0.5, 0.6) is 0 Å². The normalized spacial score (nSPS) is 33.5. The summed E-state index contributed by atoms with van der Waals surface area (Å²) in [7, 11) is 0. The van der Waals surface area contributed by atoms with Crippen LogP contribution in [-0.4, -0.2) is 37.0 Å². The van der Waals surface area contributed by atoms with Gasteiger partial charge in [-0.15, -0.1) is 0 Å². The molecule has 1 amide bonds. The number of rotatable bonds is 5. The van der Waals surface area contributed by atoms with Crippen molar-refractivity contribution < 1.29 is 4.79 Å². The quantitative estimate of drug-likeness (QED) is 0.838. The summed E-state index contributed by atoms with van der Waals surface area (Å²) in [6.45, 7) is 6.45. The SMILES string of the molecule is CCCN(CC1CCNCC1)C(=O)C1CC2CCC1C2. The van der Waals surface area contributed by atoms with Gasteiger partial charge >= 0.3 is 0 Å². The van der Waals surface area contributed by atoms with E-state index < -0.39 is 0 Å². The summed E-state index contributed by atoms with van der Waals surface area (Å²) < 4.78 is 0. The van der Waals surface area contributed by atoms with E-state index >= 15 is 0 Å². The largest absolute Gasteiger partial charge is 0.342 e. The molecule has 0 spiro atoms. The fourth-order valence-corrected chi connectivity index (χ4v) is 4.72. The van der Waals surface area contributed by atoms with Crippen molar-refractivity contribution in [3.8, 4) is 0 Å². The number of amides is 1. The van der Waals surface area contributed by atoms with E-state index in [0.29, 0.717) is 11.8 Å². The number of fused-ring (bicyclic) bond motifs is 2. The fraction of sp³-hybridized carbons (Fsp3) is 0.941. The first-order chi connectivity index (χ1) is 9.78. The zero-order valence-electron chi connectivity index (χ0n) is 12.9. The number of carbonyl (C=O) groups is 1. The van der Waals surface area contributed by atoms with Crippen LogP contribution in [0.4, 0.5) is 0 Å². The van der Waals surface area contributed by atoms with Gasteiger partial charge in [0.2, 0.25) is 5.91 Å². The average molecular weight is 278 g/mol. The molecule has 3 nitrogen and oxygen atoms in total. The summed E-state index contributed by atoms with van der Waals surface area (Å²) in [4.78, 5) is 15.1. The molecule has 3 rings (SSSR count). The number of carbonyl (C=O) groups excluding carboxylic acids is 1. The molecular weight excluding hydrogens is 248 g/mol. The summed E-state index contributed by atoms with van der Waals surface area (Å²) in [5, 5.41) is 3.42. The van der Waals surface area contributed by atoms with Crippen molar-refractivity contribution in [1.82, 2.24) is 10.2 Å². The second-order valence-electron chi connectivity index (χ2n) is 7.26. The van der Waals surface area contributed by atoms with Gasteiger partial charge in [0.1, 0.15) is 0 Å². The van der Waals surface area contributed by atoms with Crippen LogP contribution in [0, 0.1) is 23.7 Å². The monoisotopic (exact) mass is 278 g/mol. The second-order valence-corrected chi connectivity index (χ2v) is 7.26. The molecular formula is C17H30N2O. The van der Waals surface area contributed by atoms with E-state index in [1.165, 1.54) is 38.5 Å². The Hall–Kier alpha value is -0.570. The second kappa shape index (κ2) is 6.46. The molecule has 3 unspecified atom stereocenters. The predicted octanol–water partition coefficient (Wildman–Crippen LogP) is 2.66. The smallest absolute Gasteiger partial charge is 0.225 e. The number of nitrogens with one attached hydrogen (secondary N) is 1. The van der Waals surface area contributed by atoms with Crippen molar-refractivity contribution in [3.63, 3.8) is 0 Å². The van der Waals surface area contributed by atoms with Crippen LogP contribution in [0.2, 0.25) is 0 Å². The van der Waals surface area contributed by atoms with Crippen LogP contribution in [0.25, 0.3) is 0 Å². The number of nitrogens with zero attached hydrogens (tertiary/aromatic N) is 1. The van der Waals surface area contributed by atoms with Crippen molar-refractivity contribution in [3.05, 3.63) is 0 Å². The van der Waals surface area contributed by atoms with Crippen LogP contribution in [0.15, 0.2) is 0 Å². The van der Waals surface area contributed by atoms with Crippen LogP contribution in [0.1, 0.15) is 51.9 Å². The Bertz CT molecular complexity index is 338. The van der Waals surface area contributed by atoms with Gasteiger partial charge in [0.05, 0.1) is 0 Å². The summed E-state index contributed by atoms with van der Waals surface area (Å²) in [5.74, 6) is 3.20.